The summed E-state index contributed by atoms with van der Waals surface area (Å²) in [6, 6.07) is 6.42. The Morgan fingerprint density at radius 2 is 1.97 bits per heavy atom. The number of aryl methyl sites for hydroxylation is 2. The van der Waals surface area contributed by atoms with Crippen molar-refractivity contribution in [3.05, 3.63) is 53.3 Å². The highest BCUT2D eigenvalue weighted by Gasteiger charge is 2.29. The fourth-order valence-electron chi connectivity index (χ4n) is 4.32. The second-order valence-corrected chi connectivity index (χ2v) is 10.7. The van der Waals surface area contributed by atoms with Crippen LogP contribution in [0.25, 0.3) is 11.1 Å². The largest absolute Gasteiger partial charge is 0.475 e. The lowest BCUT2D eigenvalue weighted by Gasteiger charge is -2.25. The Morgan fingerprint density at radius 3 is 2.79 bits per heavy atom. The number of fused-ring (bicyclic) bond motifs is 8. The number of anilines is 1. The summed E-state index contributed by atoms with van der Waals surface area (Å²) in [6.07, 6.45) is 5.99. The van der Waals surface area contributed by atoms with Crippen LogP contribution in [-0.2, 0) is 28.4 Å². The molecule has 0 radical (unpaired) electrons. The van der Waals surface area contributed by atoms with Crippen LogP contribution in [0.2, 0.25) is 0 Å². The van der Waals surface area contributed by atoms with Gasteiger partial charge < -0.3 is 10.1 Å². The van der Waals surface area contributed by atoms with Gasteiger partial charge in [0.1, 0.15) is 6.61 Å². The van der Waals surface area contributed by atoms with Gasteiger partial charge in [-0.05, 0) is 68.4 Å². The Kier molecular flexibility index (Phi) is 4.93. The summed E-state index contributed by atoms with van der Waals surface area (Å²) in [5.41, 5.74) is 4.69. The number of urea groups is 1. The number of nitrogens with one attached hydrogen (secondary N) is 2. The van der Waals surface area contributed by atoms with Crippen molar-refractivity contribution in [1.29, 1.82) is 0 Å². The second kappa shape index (κ2) is 7.58. The lowest BCUT2D eigenvalue weighted by atomic mass is 9.95. The highest BCUT2D eigenvalue weighted by Crippen LogP contribution is 2.39. The van der Waals surface area contributed by atoms with Gasteiger partial charge >= 0.3 is 6.03 Å². The van der Waals surface area contributed by atoms with Crippen molar-refractivity contribution in [3.63, 3.8) is 0 Å². The number of pyridine rings is 1. The van der Waals surface area contributed by atoms with Gasteiger partial charge in [-0.2, -0.15) is 13.5 Å². The number of benzene rings is 1. The van der Waals surface area contributed by atoms with Gasteiger partial charge in [-0.15, -0.1) is 0 Å². The van der Waals surface area contributed by atoms with E-state index in [0.29, 0.717) is 11.6 Å². The summed E-state index contributed by atoms with van der Waals surface area (Å²) in [4.78, 5) is 17.3. The molecule has 10 heteroatoms. The van der Waals surface area contributed by atoms with E-state index >= 15 is 0 Å². The molecule has 0 saturated heterocycles. The molecule has 2 N–H and O–H groups in total. The van der Waals surface area contributed by atoms with Crippen LogP contribution < -0.4 is 14.8 Å². The number of hydrogen-bond donors (Lipinski definition) is 2. The lowest BCUT2D eigenvalue weighted by Crippen LogP contribution is -2.36. The SMILES string of the molecule is Cc1cnc2cc1-c1ccc3c(c1NC(=O)NS(=O)(=O)c1ccn(n1)C(C)(C)CO2)CCC3. The quantitative estimate of drug-likeness (QED) is 0.524. The molecule has 172 valence electrons. The van der Waals surface area contributed by atoms with Crippen molar-refractivity contribution in [3.8, 4) is 17.0 Å². The molecule has 1 aliphatic heterocycles. The van der Waals surface area contributed by atoms with Crippen molar-refractivity contribution in [2.24, 2.45) is 0 Å². The normalized spacial score (nSPS) is 18.6. The van der Waals surface area contributed by atoms with Crippen molar-refractivity contribution >= 4 is 21.7 Å². The molecule has 0 spiro atoms. The smallest absolute Gasteiger partial charge is 0.333 e. The van der Waals surface area contributed by atoms with Crippen molar-refractivity contribution < 1.29 is 17.9 Å². The van der Waals surface area contributed by atoms with Gasteiger partial charge in [-0.25, -0.2) is 14.5 Å². The molecule has 0 unspecified atom stereocenters. The van der Waals surface area contributed by atoms with E-state index in [4.69, 9.17) is 4.74 Å². The summed E-state index contributed by atoms with van der Waals surface area (Å²) >= 11 is 0. The van der Waals surface area contributed by atoms with Gasteiger partial charge in [-0.3, -0.25) is 4.68 Å². The minimum absolute atomic E-state index is 0.214. The van der Waals surface area contributed by atoms with Crippen LogP contribution in [0.3, 0.4) is 0 Å². The van der Waals surface area contributed by atoms with Crippen molar-refractivity contribution in [2.45, 2.75) is 50.6 Å². The maximum absolute atomic E-state index is 12.9. The number of nitrogens with zero attached hydrogens (tertiary/aromatic N) is 3. The number of sulfonamides is 1. The zero-order chi connectivity index (χ0) is 23.4. The zero-order valence-electron chi connectivity index (χ0n) is 18.7. The molecule has 0 fully saturated rings. The summed E-state index contributed by atoms with van der Waals surface area (Å²) in [7, 11) is -4.16. The van der Waals surface area contributed by atoms with Gasteiger partial charge in [0.05, 0.1) is 11.2 Å². The van der Waals surface area contributed by atoms with E-state index in [1.54, 1.807) is 12.4 Å². The molecular formula is C23H25N5O4S. The Morgan fingerprint density at radius 1 is 1.15 bits per heavy atom. The maximum atomic E-state index is 12.9. The fourth-order valence-corrected chi connectivity index (χ4v) is 5.16. The molecule has 2 aromatic heterocycles. The molecule has 9 nitrogen and oxygen atoms in total. The Labute approximate surface area is 192 Å². The molecule has 1 aromatic carbocycles. The van der Waals surface area contributed by atoms with E-state index in [9.17, 15) is 13.2 Å². The number of carbonyl (C=O) groups is 1. The van der Waals surface area contributed by atoms with Crippen LogP contribution in [0, 0.1) is 6.92 Å². The van der Waals surface area contributed by atoms with E-state index < -0.39 is 21.6 Å². The molecule has 2 amide bonds. The van der Waals surface area contributed by atoms with Crippen molar-refractivity contribution in [1.82, 2.24) is 19.5 Å². The molecule has 0 atom stereocenters. The number of ether oxygens (including phenoxy) is 1. The average molecular weight is 468 g/mol. The number of amides is 2. The summed E-state index contributed by atoms with van der Waals surface area (Å²) in [6.45, 7) is 5.91. The second-order valence-electron chi connectivity index (χ2n) is 9.08. The van der Waals surface area contributed by atoms with E-state index in [1.165, 1.54) is 10.7 Å². The summed E-state index contributed by atoms with van der Waals surface area (Å²) in [5, 5.41) is 6.77. The average Bonchev–Trinajstić information content (AvgIpc) is 3.43. The van der Waals surface area contributed by atoms with Crippen LogP contribution in [0.15, 0.2) is 41.7 Å². The molecule has 0 saturated carbocycles. The molecule has 3 aromatic rings. The van der Waals surface area contributed by atoms with Crippen LogP contribution in [0.4, 0.5) is 10.5 Å². The van der Waals surface area contributed by atoms with Gasteiger partial charge in [0, 0.05) is 24.0 Å². The highest BCUT2D eigenvalue weighted by atomic mass is 32.2. The van der Waals surface area contributed by atoms with Crippen LogP contribution in [-0.4, -0.2) is 35.8 Å². The Balaban J connectivity index is 1.69. The van der Waals surface area contributed by atoms with E-state index in [-0.39, 0.29) is 11.6 Å². The molecule has 2 aliphatic rings. The molecule has 3 heterocycles. The van der Waals surface area contributed by atoms with E-state index in [0.717, 1.165) is 47.1 Å². The molecular weight excluding hydrogens is 442 g/mol. The summed E-state index contributed by atoms with van der Waals surface area (Å²) < 4.78 is 35.3. The first kappa shape index (κ1) is 21.4. The Hall–Kier alpha value is -3.40. The van der Waals surface area contributed by atoms with Crippen LogP contribution in [0.5, 0.6) is 5.88 Å². The topological polar surface area (TPSA) is 115 Å². The predicted molar refractivity (Wildman–Crippen MR) is 123 cm³/mol. The molecule has 33 heavy (non-hydrogen) atoms. The third kappa shape index (κ3) is 3.84. The van der Waals surface area contributed by atoms with E-state index in [1.807, 2.05) is 32.9 Å². The van der Waals surface area contributed by atoms with Gasteiger partial charge in [-0.1, -0.05) is 12.1 Å². The third-order valence-corrected chi connectivity index (χ3v) is 7.37. The molecule has 4 bridgehead atoms. The first-order chi connectivity index (χ1) is 15.6. The minimum Gasteiger partial charge on any atom is -0.475 e. The van der Waals surface area contributed by atoms with Crippen LogP contribution >= 0.6 is 0 Å². The fraction of sp³-hybridized carbons (Fsp3) is 0.348. The monoisotopic (exact) mass is 467 g/mol. The first-order valence-corrected chi connectivity index (χ1v) is 12.3. The Bertz CT molecular complexity index is 1380. The number of carbonyl (C=O) groups excluding carboxylic acids is 1. The first-order valence-electron chi connectivity index (χ1n) is 10.8. The van der Waals surface area contributed by atoms with Gasteiger partial charge in [0.2, 0.25) is 5.88 Å². The maximum Gasteiger partial charge on any atom is 0.333 e. The number of aromatic nitrogens is 3. The van der Waals surface area contributed by atoms with Gasteiger partial charge in [0.15, 0.2) is 5.03 Å². The number of rotatable bonds is 0. The standard InChI is InChI=1S/C23H25N5O4S/c1-14-12-24-19-11-18(14)17-8-7-15-5-4-6-16(15)21(17)25-22(29)27-33(30,31)20-9-10-28(26-20)23(2,3)13-32-19/h7-12H,4-6,13H2,1-3H3,(H2,25,27,29). The van der Waals surface area contributed by atoms with Crippen LogP contribution in [0.1, 0.15) is 37.0 Å². The lowest BCUT2D eigenvalue weighted by molar-refractivity contribution is 0.164. The third-order valence-electron chi connectivity index (χ3n) is 6.15. The zero-order valence-corrected chi connectivity index (χ0v) is 19.5. The molecule has 5 rings (SSSR count). The van der Waals surface area contributed by atoms with Gasteiger partial charge in [0.25, 0.3) is 10.0 Å². The summed E-state index contributed by atoms with van der Waals surface area (Å²) in [5.74, 6) is 0.439. The van der Waals surface area contributed by atoms with Crippen molar-refractivity contribution in [2.75, 3.05) is 11.9 Å². The predicted octanol–water partition coefficient (Wildman–Crippen LogP) is 3.38. The highest BCUT2D eigenvalue weighted by molar-refractivity contribution is 7.90. The minimum atomic E-state index is -4.16. The molecule has 1 aliphatic carbocycles. The number of hydrogen-bond acceptors (Lipinski definition) is 6. The van der Waals surface area contributed by atoms with E-state index in [2.05, 4.69) is 26.2 Å².